The first kappa shape index (κ1) is 12.9. The zero-order chi connectivity index (χ0) is 12.3. The minimum absolute atomic E-state index is 0.464. The van der Waals surface area contributed by atoms with Crippen LogP contribution in [-0.4, -0.2) is 4.98 Å². The number of aryl methyl sites for hydroxylation is 1. The van der Waals surface area contributed by atoms with Crippen molar-refractivity contribution in [3.05, 3.63) is 44.9 Å². The van der Waals surface area contributed by atoms with E-state index in [-0.39, 0.29) is 0 Å². The SMILES string of the molecule is Cc1csc(COc2ccc(CBr)cc2Cl)n1. The van der Waals surface area contributed by atoms with Crippen molar-refractivity contribution in [1.82, 2.24) is 4.98 Å². The fourth-order valence-electron chi connectivity index (χ4n) is 1.35. The van der Waals surface area contributed by atoms with Gasteiger partial charge in [-0.05, 0) is 24.6 Å². The summed E-state index contributed by atoms with van der Waals surface area (Å²) in [6.07, 6.45) is 0. The Morgan fingerprint density at radius 2 is 2.29 bits per heavy atom. The predicted molar refractivity (Wildman–Crippen MR) is 75.3 cm³/mol. The Kier molecular flexibility index (Phi) is 4.42. The number of rotatable bonds is 4. The average molecular weight is 333 g/mol. The second-order valence-electron chi connectivity index (χ2n) is 3.57. The highest BCUT2D eigenvalue weighted by Crippen LogP contribution is 2.27. The molecule has 0 atom stereocenters. The summed E-state index contributed by atoms with van der Waals surface area (Å²) in [6.45, 7) is 2.43. The minimum atomic E-state index is 0.464. The smallest absolute Gasteiger partial charge is 0.140 e. The molecule has 1 heterocycles. The van der Waals surface area contributed by atoms with E-state index >= 15 is 0 Å². The second kappa shape index (κ2) is 5.85. The molecule has 2 aromatic rings. The minimum Gasteiger partial charge on any atom is -0.485 e. The second-order valence-corrected chi connectivity index (χ2v) is 5.48. The topological polar surface area (TPSA) is 22.1 Å². The van der Waals surface area contributed by atoms with E-state index in [1.165, 1.54) is 0 Å². The van der Waals surface area contributed by atoms with Crippen LogP contribution in [0, 0.1) is 6.92 Å². The third-order valence-electron chi connectivity index (χ3n) is 2.17. The summed E-state index contributed by atoms with van der Waals surface area (Å²) < 4.78 is 5.64. The van der Waals surface area contributed by atoms with E-state index in [1.807, 2.05) is 30.5 Å². The van der Waals surface area contributed by atoms with Crippen LogP contribution in [0.4, 0.5) is 0 Å². The monoisotopic (exact) mass is 331 g/mol. The summed E-state index contributed by atoms with van der Waals surface area (Å²) in [4.78, 5) is 4.33. The van der Waals surface area contributed by atoms with Gasteiger partial charge in [-0.1, -0.05) is 33.6 Å². The van der Waals surface area contributed by atoms with Crippen LogP contribution in [0.15, 0.2) is 23.6 Å². The number of nitrogens with zero attached hydrogens (tertiary/aromatic N) is 1. The predicted octanol–water partition coefficient (Wildman–Crippen LogP) is 4.58. The van der Waals surface area contributed by atoms with E-state index < -0.39 is 0 Å². The summed E-state index contributed by atoms with van der Waals surface area (Å²) in [5.41, 5.74) is 2.15. The van der Waals surface area contributed by atoms with Crippen molar-refractivity contribution in [1.29, 1.82) is 0 Å². The number of alkyl halides is 1. The molecule has 2 nitrogen and oxygen atoms in total. The molecule has 1 aromatic heterocycles. The first-order chi connectivity index (χ1) is 8.19. The summed E-state index contributed by atoms with van der Waals surface area (Å²) in [5.74, 6) is 0.698. The molecule has 90 valence electrons. The summed E-state index contributed by atoms with van der Waals surface area (Å²) in [5, 5.41) is 4.39. The van der Waals surface area contributed by atoms with E-state index in [0.717, 1.165) is 21.6 Å². The molecule has 0 radical (unpaired) electrons. The van der Waals surface area contributed by atoms with Crippen molar-refractivity contribution in [2.75, 3.05) is 0 Å². The molecular formula is C12H11BrClNOS. The zero-order valence-corrected chi connectivity index (χ0v) is 12.4. The van der Waals surface area contributed by atoms with Crippen molar-refractivity contribution in [3.63, 3.8) is 0 Å². The number of benzene rings is 1. The lowest BCUT2D eigenvalue weighted by Crippen LogP contribution is -1.95. The van der Waals surface area contributed by atoms with Crippen LogP contribution in [-0.2, 0) is 11.9 Å². The Morgan fingerprint density at radius 1 is 1.47 bits per heavy atom. The number of aromatic nitrogens is 1. The van der Waals surface area contributed by atoms with Crippen LogP contribution in [0.2, 0.25) is 5.02 Å². The van der Waals surface area contributed by atoms with Crippen LogP contribution >= 0.6 is 38.9 Å². The normalized spacial score (nSPS) is 10.5. The Bertz CT molecular complexity index is 515. The maximum absolute atomic E-state index is 6.12. The van der Waals surface area contributed by atoms with Gasteiger partial charge in [0.15, 0.2) is 0 Å². The Labute approximate surface area is 118 Å². The van der Waals surface area contributed by atoms with E-state index in [1.54, 1.807) is 11.3 Å². The fourth-order valence-corrected chi connectivity index (χ4v) is 2.64. The molecule has 0 N–H and O–H groups in total. The molecular weight excluding hydrogens is 322 g/mol. The highest BCUT2D eigenvalue weighted by molar-refractivity contribution is 9.08. The van der Waals surface area contributed by atoms with Gasteiger partial charge in [-0.2, -0.15) is 0 Å². The molecule has 0 aliphatic rings. The van der Waals surface area contributed by atoms with Crippen molar-refractivity contribution in [2.45, 2.75) is 18.9 Å². The maximum Gasteiger partial charge on any atom is 0.140 e. The van der Waals surface area contributed by atoms with Gasteiger partial charge in [-0.15, -0.1) is 11.3 Å². The van der Waals surface area contributed by atoms with Gasteiger partial charge in [-0.25, -0.2) is 4.98 Å². The number of ether oxygens (including phenoxy) is 1. The molecule has 0 unspecified atom stereocenters. The van der Waals surface area contributed by atoms with Crippen molar-refractivity contribution in [2.24, 2.45) is 0 Å². The van der Waals surface area contributed by atoms with E-state index in [2.05, 4.69) is 20.9 Å². The molecule has 0 amide bonds. The molecule has 2 rings (SSSR count). The number of hydrogen-bond donors (Lipinski definition) is 0. The van der Waals surface area contributed by atoms with Crippen molar-refractivity contribution < 1.29 is 4.74 Å². The first-order valence-corrected chi connectivity index (χ1v) is 7.45. The third kappa shape index (κ3) is 3.44. The quantitative estimate of drug-likeness (QED) is 0.765. The van der Waals surface area contributed by atoms with Gasteiger partial charge in [0, 0.05) is 16.4 Å². The summed E-state index contributed by atoms with van der Waals surface area (Å²) >= 11 is 11.1. The zero-order valence-electron chi connectivity index (χ0n) is 9.24. The molecule has 0 saturated heterocycles. The first-order valence-electron chi connectivity index (χ1n) is 5.07. The molecule has 0 bridgehead atoms. The molecule has 1 aromatic carbocycles. The van der Waals surface area contributed by atoms with Gasteiger partial charge in [-0.3, -0.25) is 0 Å². The van der Waals surface area contributed by atoms with E-state index in [9.17, 15) is 0 Å². The van der Waals surface area contributed by atoms with Crippen LogP contribution in [0.3, 0.4) is 0 Å². The largest absolute Gasteiger partial charge is 0.485 e. The number of thiazole rings is 1. The fraction of sp³-hybridized carbons (Fsp3) is 0.250. The van der Waals surface area contributed by atoms with Crippen molar-refractivity contribution >= 4 is 38.9 Å². The van der Waals surface area contributed by atoms with E-state index in [4.69, 9.17) is 16.3 Å². The van der Waals surface area contributed by atoms with Gasteiger partial charge in [0.25, 0.3) is 0 Å². The van der Waals surface area contributed by atoms with Crippen LogP contribution < -0.4 is 4.74 Å². The highest BCUT2D eigenvalue weighted by atomic mass is 79.9. The molecule has 0 spiro atoms. The summed E-state index contributed by atoms with van der Waals surface area (Å²) in [7, 11) is 0. The average Bonchev–Trinajstić information content (AvgIpc) is 2.73. The third-order valence-corrected chi connectivity index (χ3v) is 4.05. The van der Waals surface area contributed by atoms with Gasteiger partial charge < -0.3 is 4.74 Å². The number of halogens is 2. The van der Waals surface area contributed by atoms with Gasteiger partial charge in [0.2, 0.25) is 0 Å². The van der Waals surface area contributed by atoms with Gasteiger partial charge >= 0.3 is 0 Å². The van der Waals surface area contributed by atoms with Gasteiger partial charge in [0.1, 0.15) is 17.4 Å². The Morgan fingerprint density at radius 3 is 2.88 bits per heavy atom. The maximum atomic E-state index is 6.12. The van der Waals surface area contributed by atoms with Gasteiger partial charge in [0.05, 0.1) is 5.02 Å². The standard InChI is InChI=1S/C12H11BrClNOS/c1-8-7-17-12(15-8)6-16-11-3-2-9(5-13)4-10(11)14/h2-4,7H,5-6H2,1H3. The molecule has 0 aliphatic heterocycles. The van der Waals surface area contributed by atoms with Crippen LogP contribution in [0.1, 0.15) is 16.3 Å². The number of hydrogen-bond acceptors (Lipinski definition) is 3. The lowest BCUT2D eigenvalue weighted by atomic mass is 10.2. The Hall–Kier alpha value is -0.580. The summed E-state index contributed by atoms with van der Waals surface area (Å²) in [6, 6.07) is 5.78. The molecule has 0 aliphatic carbocycles. The molecule has 17 heavy (non-hydrogen) atoms. The van der Waals surface area contributed by atoms with Crippen molar-refractivity contribution in [3.8, 4) is 5.75 Å². The molecule has 0 saturated carbocycles. The van der Waals surface area contributed by atoms with Crippen LogP contribution in [0.5, 0.6) is 5.75 Å². The van der Waals surface area contributed by atoms with Crippen LogP contribution in [0.25, 0.3) is 0 Å². The highest BCUT2D eigenvalue weighted by Gasteiger charge is 2.05. The molecule has 5 heteroatoms. The van der Waals surface area contributed by atoms with E-state index in [0.29, 0.717) is 17.4 Å². The lowest BCUT2D eigenvalue weighted by Gasteiger charge is -2.07. The lowest BCUT2D eigenvalue weighted by molar-refractivity contribution is 0.305. The molecule has 0 fully saturated rings. The Balaban J connectivity index is 2.04.